The highest BCUT2D eigenvalue weighted by molar-refractivity contribution is 6.10. The number of carbonyl (C=O) groups is 2. The summed E-state index contributed by atoms with van der Waals surface area (Å²) < 4.78 is 5.49. The van der Waals surface area contributed by atoms with Crippen LogP contribution in [0.5, 0.6) is 0 Å². The number of hydrogen-bond donors (Lipinski definition) is 1. The highest BCUT2D eigenvalue weighted by Crippen LogP contribution is 2.24. The molecule has 5 nitrogen and oxygen atoms in total. The molecule has 1 aromatic carbocycles. The number of para-hydroxylation sites is 1. The van der Waals surface area contributed by atoms with Crippen LogP contribution >= 0.6 is 0 Å². The van der Waals surface area contributed by atoms with Crippen LogP contribution in [0.4, 0.5) is 5.69 Å². The van der Waals surface area contributed by atoms with Gasteiger partial charge in [-0.25, -0.2) is 0 Å². The quantitative estimate of drug-likeness (QED) is 0.815. The van der Waals surface area contributed by atoms with E-state index in [0.717, 1.165) is 6.42 Å². The van der Waals surface area contributed by atoms with Crippen molar-refractivity contribution in [2.45, 2.75) is 32.7 Å². The van der Waals surface area contributed by atoms with Crippen LogP contribution in [0.3, 0.4) is 0 Å². The number of anilines is 1. The highest BCUT2D eigenvalue weighted by Gasteiger charge is 2.32. The van der Waals surface area contributed by atoms with Gasteiger partial charge in [-0.15, -0.1) is 0 Å². The van der Waals surface area contributed by atoms with Crippen molar-refractivity contribution in [3.63, 3.8) is 0 Å². The minimum atomic E-state index is -0.476. The molecular weight excluding hydrogens is 268 g/mol. The van der Waals surface area contributed by atoms with Crippen LogP contribution in [0.15, 0.2) is 24.3 Å². The first-order chi connectivity index (χ1) is 10.2. The molecule has 0 saturated carbocycles. The van der Waals surface area contributed by atoms with Gasteiger partial charge in [-0.05, 0) is 25.0 Å². The Hall–Kier alpha value is -1.88. The standard InChI is InChI=1S/C16H22N2O3/c1-3-10-21-11-9-18-14-8-6-5-7-12(14)15(19)17-13(4-2)16(18)20/h5-8,13H,3-4,9-11H2,1-2H3,(H,17,19). The van der Waals surface area contributed by atoms with Crippen LogP contribution in [0.1, 0.15) is 37.0 Å². The lowest BCUT2D eigenvalue weighted by Crippen LogP contribution is -2.46. The van der Waals surface area contributed by atoms with Gasteiger partial charge in [0.25, 0.3) is 5.91 Å². The molecule has 0 radical (unpaired) electrons. The number of ether oxygens (including phenoxy) is 1. The van der Waals surface area contributed by atoms with Crippen molar-refractivity contribution in [3.05, 3.63) is 29.8 Å². The van der Waals surface area contributed by atoms with E-state index in [9.17, 15) is 9.59 Å². The summed E-state index contributed by atoms with van der Waals surface area (Å²) in [4.78, 5) is 26.5. The average molecular weight is 290 g/mol. The number of nitrogens with zero attached hydrogens (tertiary/aromatic N) is 1. The molecule has 0 aliphatic carbocycles. The number of carbonyl (C=O) groups excluding carboxylic acids is 2. The predicted octanol–water partition coefficient (Wildman–Crippen LogP) is 1.97. The van der Waals surface area contributed by atoms with Crippen molar-refractivity contribution < 1.29 is 14.3 Å². The Labute approximate surface area is 125 Å². The molecule has 1 unspecified atom stereocenters. The van der Waals surface area contributed by atoms with Gasteiger partial charge in [-0.2, -0.15) is 0 Å². The van der Waals surface area contributed by atoms with E-state index in [1.165, 1.54) is 0 Å². The second kappa shape index (κ2) is 7.22. The molecule has 0 saturated heterocycles. The summed E-state index contributed by atoms with van der Waals surface area (Å²) in [5.74, 6) is -0.265. The van der Waals surface area contributed by atoms with Crippen molar-refractivity contribution in [2.75, 3.05) is 24.7 Å². The fourth-order valence-electron chi connectivity index (χ4n) is 2.42. The fourth-order valence-corrected chi connectivity index (χ4v) is 2.42. The largest absolute Gasteiger partial charge is 0.380 e. The molecule has 2 rings (SSSR count). The van der Waals surface area contributed by atoms with Crippen LogP contribution in [0, 0.1) is 0 Å². The van der Waals surface area contributed by atoms with E-state index >= 15 is 0 Å². The smallest absolute Gasteiger partial charge is 0.254 e. The first-order valence-corrected chi connectivity index (χ1v) is 7.48. The zero-order valence-electron chi connectivity index (χ0n) is 12.6. The third kappa shape index (κ3) is 3.42. The molecule has 1 heterocycles. The van der Waals surface area contributed by atoms with Gasteiger partial charge in [0.1, 0.15) is 6.04 Å². The molecule has 2 amide bonds. The van der Waals surface area contributed by atoms with Gasteiger partial charge < -0.3 is 15.0 Å². The normalized spacial score (nSPS) is 18.2. The van der Waals surface area contributed by atoms with Gasteiger partial charge in [0.2, 0.25) is 5.91 Å². The van der Waals surface area contributed by atoms with E-state index in [1.807, 2.05) is 26.0 Å². The summed E-state index contributed by atoms with van der Waals surface area (Å²) in [5, 5.41) is 2.80. The Morgan fingerprint density at radius 1 is 1.19 bits per heavy atom. The maximum Gasteiger partial charge on any atom is 0.254 e. The average Bonchev–Trinajstić information content (AvgIpc) is 2.61. The Morgan fingerprint density at radius 2 is 1.95 bits per heavy atom. The van der Waals surface area contributed by atoms with Crippen LogP contribution in [-0.2, 0) is 9.53 Å². The lowest BCUT2D eigenvalue weighted by atomic mass is 10.1. The molecular formula is C16H22N2O3. The van der Waals surface area contributed by atoms with E-state index in [-0.39, 0.29) is 11.8 Å². The van der Waals surface area contributed by atoms with Crippen LogP contribution in [0.25, 0.3) is 0 Å². The maximum atomic E-state index is 12.6. The molecule has 1 atom stereocenters. The van der Waals surface area contributed by atoms with Crippen molar-refractivity contribution >= 4 is 17.5 Å². The van der Waals surface area contributed by atoms with Crippen LogP contribution in [0.2, 0.25) is 0 Å². The number of benzene rings is 1. The lowest BCUT2D eigenvalue weighted by molar-refractivity contribution is -0.120. The monoisotopic (exact) mass is 290 g/mol. The van der Waals surface area contributed by atoms with E-state index in [4.69, 9.17) is 4.74 Å². The van der Waals surface area contributed by atoms with Gasteiger partial charge in [0.15, 0.2) is 0 Å². The number of fused-ring (bicyclic) bond motifs is 1. The molecule has 0 aromatic heterocycles. The predicted molar refractivity (Wildman–Crippen MR) is 81.5 cm³/mol. The Balaban J connectivity index is 2.26. The number of nitrogens with one attached hydrogen (secondary N) is 1. The Bertz CT molecular complexity index is 516. The van der Waals surface area contributed by atoms with E-state index in [0.29, 0.717) is 37.4 Å². The van der Waals surface area contributed by atoms with E-state index in [1.54, 1.807) is 17.0 Å². The van der Waals surface area contributed by atoms with Gasteiger partial charge in [-0.1, -0.05) is 26.0 Å². The molecule has 21 heavy (non-hydrogen) atoms. The molecule has 0 bridgehead atoms. The third-order valence-corrected chi connectivity index (χ3v) is 3.52. The zero-order valence-corrected chi connectivity index (χ0v) is 12.6. The SMILES string of the molecule is CCCOCCN1C(=O)C(CC)NC(=O)c2ccccc21. The zero-order chi connectivity index (χ0) is 15.2. The molecule has 0 spiro atoms. The lowest BCUT2D eigenvalue weighted by Gasteiger charge is -2.24. The fraction of sp³-hybridized carbons (Fsp3) is 0.500. The molecule has 1 aromatic rings. The van der Waals surface area contributed by atoms with Gasteiger partial charge >= 0.3 is 0 Å². The van der Waals surface area contributed by atoms with Gasteiger partial charge in [0, 0.05) is 13.2 Å². The molecule has 1 aliphatic rings. The second-order valence-electron chi connectivity index (χ2n) is 5.05. The number of rotatable bonds is 6. The van der Waals surface area contributed by atoms with Crippen molar-refractivity contribution in [1.29, 1.82) is 0 Å². The van der Waals surface area contributed by atoms with Crippen molar-refractivity contribution in [2.24, 2.45) is 0 Å². The first kappa shape index (κ1) is 15.5. The molecule has 1 aliphatic heterocycles. The number of hydrogen-bond acceptors (Lipinski definition) is 3. The molecule has 1 N–H and O–H groups in total. The van der Waals surface area contributed by atoms with E-state index in [2.05, 4.69) is 5.32 Å². The summed E-state index contributed by atoms with van der Waals surface area (Å²) in [6.07, 6.45) is 1.52. The summed E-state index contributed by atoms with van der Waals surface area (Å²) in [5.41, 5.74) is 1.20. The highest BCUT2D eigenvalue weighted by atomic mass is 16.5. The summed E-state index contributed by atoms with van der Waals surface area (Å²) in [7, 11) is 0. The van der Waals surface area contributed by atoms with Crippen LogP contribution < -0.4 is 10.2 Å². The Morgan fingerprint density at radius 3 is 2.67 bits per heavy atom. The van der Waals surface area contributed by atoms with Crippen molar-refractivity contribution in [1.82, 2.24) is 5.32 Å². The van der Waals surface area contributed by atoms with Crippen LogP contribution in [-0.4, -0.2) is 37.6 Å². The molecule has 114 valence electrons. The second-order valence-corrected chi connectivity index (χ2v) is 5.05. The number of amides is 2. The van der Waals surface area contributed by atoms with E-state index < -0.39 is 6.04 Å². The third-order valence-electron chi connectivity index (χ3n) is 3.52. The topological polar surface area (TPSA) is 58.6 Å². The van der Waals surface area contributed by atoms with Gasteiger partial charge in [0.05, 0.1) is 17.9 Å². The first-order valence-electron chi connectivity index (χ1n) is 7.48. The molecule has 0 fully saturated rings. The molecule has 5 heteroatoms. The summed E-state index contributed by atoms with van der Waals surface area (Å²) >= 11 is 0. The van der Waals surface area contributed by atoms with Gasteiger partial charge in [-0.3, -0.25) is 9.59 Å². The van der Waals surface area contributed by atoms with Crippen molar-refractivity contribution in [3.8, 4) is 0 Å². The summed E-state index contributed by atoms with van der Waals surface area (Å²) in [6.45, 7) is 5.55. The minimum Gasteiger partial charge on any atom is -0.380 e. The maximum absolute atomic E-state index is 12.6. The summed E-state index contributed by atoms with van der Waals surface area (Å²) in [6, 6.07) is 6.73. The minimum absolute atomic E-state index is 0.0732. The Kier molecular flexibility index (Phi) is 5.33.